The van der Waals surface area contributed by atoms with Crippen molar-refractivity contribution in [1.82, 2.24) is 4.98 Å². The van der Waals surface area contributed by atoms with Crippen LogP contribution in [0.4, 0.5) is 0 Å². The molecule has 1 radical (unpaired) electrons. The topological polar surface area (TPSA) is 12.9 Å². The number of pyridine rings is 1. The lowest BCUT2D eigenvalue weighted by molar-refractivity contribution is 0.945. The average Bonchev–Trinajstić information content (AvgIpc) is 2.99. The summed E-state index contributed by atoms with van der Waals surface area (Å²) in [7, 11) is 0. The molecule has 2 aliphatic rings. The fourth-order valence-electron chi connectivity index (χ4n) is 1.77. The van der Waals surface area contributed by atoms with Crippen LogP contribution in [0.3, 0.4) is 0 Å². The molecule has 0 bridgehead atoms. The van der Waals surface area contributed by atoms with Gasteiger partial charge in [0.1, 0.15) is 0 Å². The van der Waals surface area contributed by atoms with Gasteiger partial charge in [-0.05, 0) is 49.3 Å². The van der Waals surface area contributed by atoms with Gasteiger partial charge < -0.3 is 0 Å². The first kappa shape index (κ1) is 6.64. The van der Waals surface area contributed by atoms with Gasteiger partial charge in [0.2, 0.25) is 0 Å². The molecular formula is C11H12N. The van der Waals surface area contributed by atoms with Crippen molar-refractivity contribution in [3.8, 4) is 0 Å². The van der Waals surface area contributed by atoms with Crippen molar-refractivity contribution in [2.24, 2.45) is 0 Å². The molecule has 0 amide bonds. The number of aromatic nitrogens is 1. The molecule has 0 N–H and O–H groups in total. The zero-order chi connectivity index (χ0) is 7.97. The molecule has 61 valence electrons. The van der Waals surface area contributed by atoms with Gasteiger partial charge in [-0.2, -0.15) is 0 Å². The second-order valence-corrected chi connectivity index (χ2v) is 3.94. The highest BCUT2D eigenvalue weighted by molar-refractivity contribution is 5.31. The molecule has 0 unspecified atom stereocenters. The monoisotopic (exact) mass is 158 g/mol. The Labute approximate surface area is 72.8 Å². The maximum Gasteiger partial charge on any atom is 0.0475 e. The second-order valence-electron chi connectivity index (χ2n) is 3.94. The SMILES string of the molecule is [c]1ccnc(C2CC2)c1C1CC1. The van der Waals surface area contributed by atoms with Crippen molar-refractivity contribution in [3.63, 3.8) is 0 Å². The van der Waals surface area contributed by atoms with Crippen LogP contribution >= 0.6 is 0 Å². The first-order valence-corrected chi connectivity index (χ1v) is 4.81. The summed E-state index contributed by atoms with van der Waals surface area (Å²) in [6, 6.07) is 5.32. The van der Waals surface area contributed by atoms with Crippen LogP contribution in [-0.2, 0) is 0 Å². The molecule has 0 aliphatic heterocycles. The number of hydrogen-bond donors (Lipinski definition) is 0. The highest BCUT2D eigenvalue weighted by Gasteiger charge is 2.33. The van der Waals surface area contributed by atoms with Crippen LogP contribution in [0.5, 0.6) is 0 Å². The van der Waals surface area contributed by atoms with E-state index in [2.05, 4.69) is 11.1 Å². The summed E-state index contributed by atoms with van der Waals surface area (Å²) in [5.41, 5.74) is 2.79. The van der Waals surface area contributed by atoms with Gasteiger partial charge in [0.05, 0.1) is 0 Å². The zero-order valence-corrected chi connectivity index (χ0v) is 7.09. The van der Waals surface area contributed by atoms with Crippen LogP contribution in [0, 0.1) is 6.07 Å². The number of nitrogens with zero attached hydrogens (tertiary/aromatic N) is 1. The van der Waals surface area contributed by atoms with Crippen LogP contribution in [0.25, 0.3) is 0 Å². The molecule has 2 saturated carbocycles. The van der Waals surface area contributed by atoms with Gasteiger partial charge in [-0.25, -0.2) is 0 Å². The molecule has 0 saturated heterocycles. The molecule has 1 nitrogen and oxygen atoms in total. The number of hydrogen-bond acceptors (Lipinski definition) is 1. The maximum absolute atomic E-state index is 4.47. The minimum absolute atomic E-state index is 0.790. The lowest BCUT2D eigenvalue weighted by atomic mass is 10.1. The van der Waals surface area contributed by atoms with Crippen molar-refractivity contribution in [3.05, 3.63) is 29.6 Å². The van der Waals surface area contributed by atoms with E-state index >= 15 is 0 Å². The van der Waals surface area contributed by atoms with E-state index in [0.717, 1.165) is 11.8 Å². The molecule has 0 atom stereocenters. The molecule has 1 aromatic rings. The quantitative estimate of drug-likeness (QED) is 0.644. The smallest absolute Gasteiger partial charge is 0.0475 e. The Bertz CT molecular complexity index is 267. The van der Waals surface area contributed by atoms with Crippen LogP contribution in [0.2, 0.25) is 0 Å². The lowest BCUT2D eigenvalue weighted by Crippen LogP contribution is -1.93. The molecule has 12 heavy (non-hydrogen) atoms. The molecule has 2 fully saturated rings. The highest BCUT2D eigenvalue weighted by Crippen LogP contribution is 2.47. The average molecular weight is 158 g/mol. The van der Waals surface area contributed by atoms with Crippen LogP contribution in [0.1, 0.15) is 48.8 Å². The summed E-state index contributed by atoms with van der Waals surface area (Å²) < 4.78 is 0. The Morgan fingerprint density at radius 3 is 2.58 bits per heavy atom. The fraction of sp³-hybridized carbons (Fsp3) is 0.545. The molecule has 1 heterocycles. The molecule has 2 aliphatic carbocycles. The molecule has 0 spiro atoms. The first-order valence-electron chi connectivity index (χ1n) is 4.81. The fourth-order valence-corrected chi connectivity index (χ4v) is 1.77. The highest BCUT2D eigenvalue weighted by atomic mass is 14.7. The maximum atomic E-state index is 4.47. The molecule has 1 heteroatoms. The van der Waals surface area contributed by atoms with E-state index in [1.54, 1.807) is 0 Å². The van der Waals surface area contributed by atoms with Crippen LogP contribution < -0.4 is 0 Å². The summed E-state index contributed by atoms with van der Waals surface area (Å²) in [6.07, 6.45) is 7.32. The first-order chi connectivity index (χ1) is 5.95. The van der Waals surface area contributed by atoms with E-state index < -0.39 is 0 Å². The van der Waals surface area contributed by atoms with E-state index in [4.69, 9.17) is 0 Å². The van der Waals surface area contributed by atoms with Crippen molar-refractivity contribution in [2.75, 3.05) is 0 Å². The van der Waals surface area contributed by atoms with Crippen LogP contribution in [0.15, 0.2) is 12.3 Å². The molecule has 3 rings (SSSR count). The van der Waals surface area contributed by atoms with E-state index in [1.165, 1.54) is 36.9 Å². The van der Waals surface area contributed by atoms with Gasteiger partial charge in [-0.15, -0.1) is 0 Å². The predicted octanol–water partition coefficient (Wildman–Crippen LogP) is 2.64. The van der Waals surface area contributed by atoms with Crippen molar-refractivity contribution >= 4 is 0 Å². The summed E-state index contributed by atoms with van der Waals surface area (Å²) in [6.45, 7) is 0. The summed E-state index contributed by atoms with van der Waals surface area (Å²) >= 11 is 0. The third-order valence-corrected chi connectivity index (χ3v) is 2.75. The van der Waals surface area contributed by atoms with E-state index in [9.17, 15) is 0 Å². The summed E-state index contributed by atoms with van der Waals surface area (Å²) in [4.78, 5) is 4.47. The Hall–Kier alpha value is -0.850. The lowest BCUT2D eigenvalue weighted by Gasteiger charge is -2.03. The summed E-state index contributed by atoms with van der Waals surface area (Å²) in [5, 5.41) is 0. The standard InChI is InChI=1S/C11H12N/c1-2-10(8-3-4-8)11(12-7-1)9-5-6-9/h1,7-9H,3-6H2. The van der Waals surface area contributed by atoms with Gasteiger partial charge in [-0.1, -0.05) is 0 Å². The minimum Gasteiger partial charge on any atom is -0.261 e. The summed E-state index contributed by atoms with van der Waals surface area (Å²) in [5.74, 6) is 1.60. The Balaban J connectivity index is 2.02. The van der Waals surface area contributed by atoms with E-state index in [-0.39, 0.29) is 0 Å². The van der Waals surface area contributed by atoms with Gasteiger partial charge in [0.15, 0.2) is 0 Å². The normalized spacial score (nSPS) is 22.7. The minimum atomic E-state index is 0.790. The number of rotatable bonds is 2. The van der Waals surface area contributed by atoms with E-state index in [1.807, 2.05) is 12.3 Å². The van der Waals surface area contributed by atoms with Gasteiger partial charge in [0.25, 0.3) is 0 Å². The Morgan fingerprint density at radius 2 is 1.92 bits per heavy atom. The Morgan fingerprint density at radius 1 is 1.17 bits per heavy atom. The zero-order valence-electron chi connectivity index (χ0n) is 7.09. The van der Waals surface area contributed by atoms with Crippen molar-refractivity contribution in [2.45, 2.75) is 37.5 Å². The second kappa shape index (κ2) is 2.32. The molecule has 0 aromatic carbocycles. The molecular weight excluding hydrogens is 146 g/mol. The van der Waals surface area contributed by atoms with Gasteiger partial charge in [-0.3, -0.25) is 4.98 Å². The Kier molecular flexibility index (Phi) is 1.28. The van der Waals surface area contributed by atoms with Gasteiger partial charge in [0, 0.05) is 17.8 Å². The largest absolute Gasteiger partial charge is 0.261 e. The van der Waals surface area contributed by atoms with Crippen molar-refractivity contribution in [1.29, 1.82) is 0 Å². The third-order valence-electron chi connectivity index (χ3n) is 2.75. The van der Waals surface area contributed by atoms with Crippen molar-refractivity contribution < 1.29 is 0 Å². The van der Waals surface area contributed by atoms with Gasteiger partial charge >= 0.3 is 0 Å². The van der Waals surface area contributed by atoms with E-state index in [0.29, 0.717) is 0 Å². The van der Waals surface area contributed by atoms with Crippen LogP contribution in [-0.4, -0.2) is 4.98 Å². The predicted molar refractivity (Wildman–Crippen MR) is 47.0 cm³/mol. The third kappa shape index (κ3) is 1.04. The molecule has 1 aromatic heterocycles.